The van der Waals surface area contributed by atoms with Crippen molar-refractivity contribution in [1.29, 1.82) is 0 Å². The van der Waals surface area contributed by atoms with Crippen LogP contribution in [0.4, 0.5) is 5.69 Å². The van der Waals surface area contributed by atoms with Gasteiger partial charge in [-0.15, -0.1) is 11.3 Å². The average molecular weight is 492 g/mol. The van der Waals surface area contributed by atoms with Crippen molar-refractivity contribution in [3.8, 4) is 17.2 Å². The maximum atomic E-state index is 13.3. The minimum Gasteiger partial charge on any atom is -0.507 e. The normalized spacial score (nSPS) is 18.5. The number of aliphatic hydroxyl groups excluding tert-OH is 1. The smallest absolute Gasteiger partial charge is 0.300 e. The van der Waals surface area contributed by atoms with Crippen LogP contribution in [0.15, 0.2) is 59.5 Å². The third kappa shape index (κ3) is 3.93. The minimum atomic E-state index is -0.774. The molecule has 0 radical (unpaired) electrons. The van der Waals surface area contributed by atoms with Crippen LogP contribution in [-0.2, 0) is 9.59 Å². The van der Waals surface area contributed by atoms with Crippen LogP contribution in [0.3, 0.4) is 0 Å². The van der Waals surface area contributed by atoms with Gasteiger partial charge < -0.3 is 19.3 Å². The van der Waals surface area contributed by atoms with E-state index in [0.717, 1.165) is 16.2 Å². The lowest BCUT2D eigenvalue weighted by Crippen LogP contribution is -2.29. The molecule has 0 bridgehead atoms. The first-order valence-electron chi connectivity index (χ1n) is 11.4. The number of hydrogen-bond acceptors (Lipinski definition) is 7. The first-order chi connectivity index (χ1) is 16.9. The van der Waals surface area contributed by atoms with Crippen molar-refractivity contribution in [2.45, 2.75) is 32.7 Å². The van der Waals surface area contributed by atoms with E-state index in [-0.39, 0.29) is 24.0 Å². The van der Waals surface area contributed by atoms with Gasteiger partial charge in [0.05, 0.1) is 12.2 Å². The highest BCUT2D eigenvalue weighted by Gasteiger charge is 2.47. The molecule has 1 amide bonds. The van der Waals surface area contributed by atoms with Crippen molar-refractivity contribution in [2.24, 2.45) is 0 Å². The third-order valence-electron chi connectivity index (χ3n) is 6.10. The Labute approximate surface area is 207 Å². The molecule has 1 fully saturated rings. The van der Waals surface area contributed by atoms with E-state index in [2.05, 4.69) is 0 Å². The van der Waals surface area contributed by atoms with Crippen molar-refractivity contribution in [1.82, 2.24) is 0 Å². The largest absolute Gasteiger partial charge is 0.507 e. The lowest BCUT2D eigenvalue weighted by Gasteiger charge is -2.24. The summed E-state index contributed by atoms with van der Waals surface area (Å²) >= 11 is 1.41. The van der Waals surface area contributed by atoms with E-state index in [0.29, 0.717) is 29.4 Å². The summed E-state index contributed by atoms with van der Waals surface area (Å²) in [5.74, 6) is 0.284. The Hall–Kier alpha value is -3.78. The van der Waals surface area contributed by atoms with Crippen LogP contribution in [0.2, 0.25) is 0 Å². The Morgan fingerprint density at radius 3 is 2.66 bits per heavy atom. The maximum Gasteiger partial charge on any atom is 0.300 e. The number of anilines is 1. The predicted octanol–water partition coefficient (Wildman–Crippen LogP) is 5.63. The first-order valence-corrected chi connectivity index (χ1v) is 12.3. The van der Waals surface area contributed by atoms with E-state index in [9.17, 15) is 14.7 Å². The van der Waals surface area contributed by atoms with Gasteiger partial charge in [-0.3, -0.25) is 14.5 Å². The quantitative estimate of drug-likeness (QED) is 0.273. The molecule has 3 aromatic rings. The number of Topliss-reactive ketones (excluding diaryl/α,β-unsaturated/α-hetero) is 1. The van der Waals surface area contributed by atoms with E-state index < -0.39 is 17.7 Å². The molecule has 2 aromatic carbocycles. The van der Waals surface area contributed by atoms with Crippen LogP contribution in [0.1, 0.15) is 48.7 Å². The number of benzene rings is 2. The van der Waals surface area contributed by atoms with Crippen LogP contribution in [0.5, 0.6) is 17.2 Å². The van der Waals surface area contributed by atoms with Gasteiger partial charge in [0, 0.05) is 22.2 Å². The lowest BCUT2D eigenvalue weighted by molar-refractivity contribution is -0.132. The Kier molecular flexibility index (Phi) is 5.98. The number of rotatable bonds is 6. The molecular formula is C27H25NO6S. The average Bonchev–Trinajstić information content (AvgIpc) is 3.59. The number of ether oxygens (including phenoxy) is 3. The van der Waals surface area contributed by atoms with E-state index >= 15 is 0 Å². The second kappa shape index (κ2) is 9.11. The summed E-state index contributed by atoms with van der Waals surface area (Å²) < 4.78 is 16.6. The molecule has 8 heteroatoms. The molecule has 3 heterocycles. The zero-order valence-corrected chi connectivity index (χ0v) is 20.4. The molecular weight excluding hydrogens is 466 g/mol. The molecule has 2 aliphatic rings. The van der Waals surface area contributed by atoms with Crippen molar-refractivity contribution in [3.05, 3.63) is 75.5 Å². The molecule has 0 aliphatic carbocycles. The second-order valence-electron chi connectivity index (χ2n) is 8.56. The van der Waals surface area contributed by atoms with Gasteiger partial charge in [0.15, 0.2) is 11.5 Å². The van der Waals surface area contributed by atoms with E-state index in [1.165, 1.54) is 16.2 Å². The molecule has 1 atom stereocenters. The van der Waals surface area contributed by atoms with E-state index in [4.69, 9.17) is 14.2 Å². The number of nitrogens with zero attached hydrogens (tertiary/aromatic N) is 1. The fourth-order valence-corrected chi connectivity index (χ4v) is 5.26. The highest BCUT2D eigenvalue weighted by atomic mass is 32.1. The standard InChI is InChI=1S/C27H25NO6S/c1-4-32-19-9-7-16(12-18(19)15(2)3)25(29)23-24(22-6-5-11-35-22)28(27(31)26(23)30)17-8-10-20-21(13-17)34-14-33-20/h5-13,15,24,29H,4,14H2,1-3H3/b25-23-. The Morgan fingerprint density at radius 2 is 1.94 bits per heavy atom. The monoisotopic (exact) mass is 491 g/mol. The number of thiophene rings is 1. The Bertz CT molecular complexity index is 1330. The predicted molar refractivity (Wildman–Crippen MR) is 133 cm³/mol. The van der Waals surface area contributed by atoms with Gasteiger partial charge in [-0.2, -0.15) is 0 Å². The SMILES string of the molecule is CCOc1ccc(/C(O)=C2/C(=O)C(=O)N(c3ccc4c(c3)OCO4)C2c2cccs2)cc1C(C)C. The summed E-state index contributed by atoms with van der Waals surface area (Å²) in [6.07, 6.45) is 0. The van der Waals surface area contributed by atoms with Crippen LogP contribution in [-0.4, -0.2) is 30.2 Å². The van der Waals surface area contributed by atoms with E-state index in [1.54, 1.807) is 30.3 Å². The fraction of sp³-hybridized carbons (Fsp3) is 0.259. The van der Waals surface area contributed by atoms with Gasteiger partial charge in [0.2, 0.25) is 6.79 Å². The topological polar surface area (TPSA) is 85.3 Å². The summed E-state index contributed by atoms with van der Waals surface area (Å²) in [6, 6.07) is 13.4. The van der Waals surface area contributed by atoms with Crippen molar-refractivity contribution in [2.75, 3.05) is 18.3 Å². The Balaban J connectivity index is 1.66. The van der Waals surface area contributed by atoms with Gasteiger partial charge >= 0.3 is 0 Å². The maximum absolute atomic E-state index is 13.3. The number of hydrogen-bond donors (Lipinski definition) is 1. The first kappa shape index (κ1) is 23.0. The van der Waals surface area contributed by atoms with Crippen LogP contribution in [0.25, 0.3) is 5.76 Å². The minimum absolute atomic E-state index is 0.0500. The van der Waals surface area contributed by atoms with Crippen LogP contribution < -0.4 is 19.1 Å². The molecule has 7 nitrogen and oxygen atoms in total. The van der Waals surface area contributed by atoms with E-state index in [1.807, 2.05) is 44.4 Å². The van der Waals surface area contributed by atoms with Crippen LogP contribution in [0, 0.1) is 0 Å². The molecule has 1 unspecified atom stereocenters. The number of ketones is 1. The zero-order valence-electron chi connectivity index (χ0n) is 19.6. The molecule has 5 rings (SSSR count). The van der Waals surface area contributed by atoms with Gasteiger partial charge in [0.1, 0.15) is 17.6 Å². The van der Waals surface area contributed by atoms with Gasteiger partial charge in [0.25, 0.3) is 11.7 Å². The summed E-state index contributed by atoms with van der Waals surface area (Å²) in [6.45, 7) is 6.60. The summed E-state index contributed by atoms with van der Waals surface area (Å²) in [4.78, 5) is 28.8. The highest BCUT2D eigenvalue weighted by Crippen LogP contribution is 2.46. The molecule has 180 valence electrons. The van der Waals surface area contributed by atoms with Gasteiger partial charge in [-0.1, -0.05) is 19.9 Å². The highest BCUT2D eigenvalue weighted by molar-refractivity contribution is 7.10. The summed E-state index contributed by atoms with van der Waals surface area (Å²) in [5.41, 5.74) is 1.91. The third-order valence-corrected chi connectivity index (χ3v) is 7.02. The van der Waals surface area contributed by atoms with Crippen molar-refractivity contribution >= 4 is 34.5 Å². The lowest BCUT2D eigenvalue weighted by atomic mass is 9.95. The fourth-order valence-electron chi connectivity index (χ4n) is 4.44. The summed E-state index contributed by atoms with van der Waals surface area (Å²) in [7, 11) is 0. The number of fused-ring (bicyclic) bond motifs is 1. The zero-order chi connectivity index (χ0) is 24.7. The number of carbonyl (C=O) groups excluding carboxylic acids is 2. The number of aliphatic hydroxyl groups is 1. The molecule has 2 aliphatic heterocycles. The van der Waals surface area contributed by atoms with Crippen LogP contribution >= 0.6 is 11.3 Å². The molecule has 35 heavy (non-hydrogen) atoms. The van der Waals surface area contributed by atoms with Gasteiger partial charge in [-0.25, -0.2) is 0 Å². The molecule has 0 saturated carbocycles. The van der Waals surface area contributed by atoms with Crippen molar-refractivity contribution < 1.29 is 28.9 Å². The molecule has 1 saturated heterocycles. The molecule has 1 aromatic heterocycles. The van der Waals surface area contributed by atoms with Gasteiger partial charge in [-0.05, 0) is 60.2 Å². The second-order valence-corrected chi connectivity index (χ2v) is 9.54. The van der Waals surface area contributed by atoms with Crippen molar-refractivity contribution in [3.63, 3.8) is 0 Å². The summed E-state index contributed by atoms with van der Waals surface area (Å²) in [5, 5.41) is 13.3. The molecule has 0 spiro atoms. The number of amides is 1. The Morgan fingerprint density at radius 1 is 1.14 bits per heavy atom. The molecule has 1 N–H and O–H groups in total. The number of carbonyl (C=O) groups is 2.